The van der Waals surface area contributed by atoms with Gasteiger partial charge in [-0.2, -0.15) is 0 Å². The number of hydrogen-bond acceptors (Lipinski definition) is 4. The molecule has 0 spiro atoms. The maximum atomic E-state index is 11.9. The summed E-state index contributed by atoms with van der Waals surface area (Å²) >= 11 is 1.79. The molecule has 1 aromatic rings. The molecule has 0 bridgehead atoms. The third kappa shape index (κ3) is 2.28. The van der Waals surface area contributed by atoms with Gasteiger partial charge in [-0.25, -0.2) is 0 Å². The number of amides is 1. The number of rotatable bonds is 3. The lowest BCUT2D eigenvalue weighted by atomic mass is 9.88. The zero-order valence-corrected chi connectivity index (χ0v) is 13.0. The van der Waals surface area contributed by atoms with E-state index in [0.717, 1.165) is 25.9 Å². The number of carbonyl (C=O) groups excluding carboxylic acids is 1. The number of carbonyl (C=O) groups is 1. The van der Waals surface area contributed by atoms with E-state index in [-0.39, 0.29) is 23.9 Å². The summed E-state index contributed by atoms with van der Waals surface area (Å²) in [6.07, 6.45) is 2.10. The topological polar surface area (TPSA) is 58.4 Å². The van der Waals surface area contributed by atoms with E-state index in [4.69, 9.17) is 5.73 Å². The Kier molecular flexibility index (Phi) is 3.84. The van der Waals surface area contributed by atoms with Gasteiger partial charge in [-0.15, -0.1) is 11.3 Å². The minimum Gasteiger partial charge on any atom is -0.354 e. The van der Waals surface area contributed by atoms with Crippen LogP contribution < -0.4 is 11.1 Å². The number of thiophene rings is 1. The first-order valence-electron chi connectivity index (χ1n) is 7.42. The second-order valence-electron chi connectivity index (χ2n) is 6.07. The van der Waals surface area contributed by atoms with E-state index in [9.17, 15) is 4.79 Å². The molecule has 2 fully saturated rings. The lowest BCUT2D eigenvalue weighted by Crippen LogP contribution is -2.51. The highest BCUT2D eigenvalue weighted by Crippen LogP contribution is 2.38. The average Bonchev–Trinajstić information content (AvgIpc) is 2.98. The highest BCUT2D eigenvalue weighted by molar-refractivity contribution is 7.10. The van der Waals surface area contributed by atoms with Crippen molar-refractivity contribution in [1.29, 1.82) is 0 Å². The molecule has 4 atom stereocenters. The summed E-state index contributed by atoms with van der Waals surface area (Å²) in [5.41, 5.74) is 7.62. The molecule has 0 saturated carbocycles. The molecule has 3 rings (SSSR count). The SMILES string of the molecule is Cc1ccsc1C(C(C)N)N1CCCC2C(=O)NCC21. The summed E-state index contributed by atoms with van der Waals surface area (Å²) in [7, 11) is 0. The Bertz CT molecular complexity index is 499. The van der Waals surface area contributed by atoms with Crippen LogP contribution in [0.2, 0.25) is 0 Å². The van der Waals surface area contributed by atoms with Crippen molar-refractivity contribution in [3.63, 3.8) is 0 Å². The van der Waals surface area contributed by atoms with Gasteiger partial charge in [0.05, 0.1) is 12.0 Å². The van der Waals surface area contributed by atoms with Crippen molar-refractivity contribution in [3.05, 3.63) is 21.9 Å². The fourth-order valence-electron chi connectivity index (χ4n) is 3.71. The van der Waals surface area contributed by atoms with Crippen molar-refractivity contribution in [2.75, 3.05) is 13.1 Å². The van der Waals surface area contributed by atoms with Crippen LogP contribution in [0.25, 0.3) is 0 Å². The van der Waals surface area contributed by atoms with Crippen LogP contribution in [0.3, 0.4) is 0 Å². The number of piperidine rings is 1. The second kappa shape index (κ2) is 5.47. The van der Waals surface area contributed by atoms with Gasteiger partial charge in [-0.3, -0.25) is 9.69 Å². The van der Waals surface area contributed by atoms with Gasteiger partial charge in [-0.05, 0) is 50.2 Å². The van der Waals surface area contributed by atoms with Crippen molar-refractivity contribution in [2.24, 2.45) is 11.7 Å². The van der Waals surface area contributed by atoms with Gasteiger partial charge in [-0.1, -0.05) is 0 Å². The van der Waals surface area contributed by atoms with Gasteiger partial charge >= 0.3 is 0 Å². The van der Waals surface area contributed by atoms with Crippen molar-refractivity contribution in [1.82, 2.24) is 10.2 Å². The maximum absolute atomic E-state index is 11.9. The van der Waals surface area contributed by atoms with E-state index in [1.54, 1.807) is 11.3 Å². The van der Waals surface area contributed by atoms with Crippen LogP contribution in [0.4, 0.5) is 0 Å². The van der Waals surface area contributed by atoms with Crippen LogP contribution in [-0.4, -0.2) is 36.0 Å². The van der Waals surface area contributed by atoms with Crippen molar-refractivity contribution in [2.45, 2.75) is 44.8 Å². The first-order valence-corrected chi connectivity index (χ1v) is 8.30. The van der Waals surface area contributed by atoms with Gasteiger partial charge in [0.2, 0.25) is 5.91 Å². The van der Waals surface area contributed by atoms with Gasteiger partial charge in [0.15, 0.2) is 0 Å². The largest absolute Gasteiger partial charge is 0.354 e. The minimum atomic E-state index is 0.0711. The number of nitrogens with one attached hydrogen (secondary N) is 1. The molecule has 1 aromatic heterocycles. The number of likely N-dealkylation sites (tertiary alicyclic amines) is 1. The number of fused-ring (bicyclic) bond motifs is 1. The molecule has 5 heteroatoms. The average molecular weight is 293 g/mol. The molecule has 3 N–H and O–H groups in total. The Balaban J connectivity index is 1.91. The molecule has 110 valence electrons. The summed E-state index contributed by atoms with van der Waals surface area (Å²) in [4.78, 5) is 15.8. The molecule has 0 radical (unpaired) electrons. The van der Waals surface area contributed by atoms with Crippen LogP contribution in [-0.2, 0) is 4.79 Å². The molecule has 0 aliphatic carbocycles. The first kappa shape index (κ1) is 14.0. The summed E-state index contributed by atoms with van der Waals surface area (Å²) in [5, 5.41) is 5.17. The molecule has 20 heavy (non-hydrogen) atoms. The molecule has 2 aliphatic rings. The van der Waals surface area contributed by atoms with Crippen molar-refractivity contribution < 1.29 is 4.79 Å². The highest BCUT2D eigenvalue weighted by Gasteiger charge is 2.44. The van der Waals surface area contributed by atoms with Crippen molar-refractivity contribution >= 4 is 17.2 Å². The molecule has 2 saturated heterocycles. The Morgan fingerprint density at radius 3 is 3.00 bits per heavy atom. The first-order chi connectivity index (χ1) is 9.59. The zero-order chi connectivity index (χ0) is 14.3. The predicted octanol–water partition coefficient (Wildman–Crippen LogP) is 1.66. The van der Waals surface area contributed by atoms with Gasteiger partial charge < -0.3 is 11.1 Å². The summed E-state index contributed by atoms with van der Waals surface area (Å²) in [6, 6.07) is 2.78. The van der Waals surface area contributed by atoms with E-state index >= 15 is 0 Å². The maximum Gasteiger partial charge on any atom is 0.224 e. The molecular weight excluding hydrogens is 270 g/mol. The lowest BCUT2D eigenvalue weighted by molar-refractivity contribution is -0.124. The fourth-order valence-corrected chi connectivity index (χ4v) is 4.87. The third-order valence-corrected chi connectivity index (χ3v) is 5.76. The molecule has 3 heterocycles. The standard InChI is InChI=1S/C15H23N3OS/c1-9-5-7-20-14(9)13(10(2)16)18-6-3-4-11-12(18)8-17-15(11)19/h5,7,10-13H,3-4,6,8,16H2,1-2H3,(H,17,19). The molecule has 2 aliphatic heterocycles. The molecule has 4 unspecified atom stereocenters. The van der Waals surface area contributed by atoms with Crippen LogP contribution >= 0.6 is 11.3 Å². The normalized spacial score (nSPS) is 29.9. The minimum absolute atomic E-state index is 0.0711. The van der Waals surface area contributed by atoms with Gasteiger partial charge in [0, 0.05) is 23.5 Å². The van der Waals surface area contributed by atoms with Crippen LogP contribution in [0.1, 0.15) is 36.2 Å². The van der Waals surface area contributed by atoms with E-state index in [0.29, 0.717) is 6.04 Å². The quantitative estimate of drug-likeness (QED) is 0.891. The van der Waals surface area contributed by atoms with Crippen LogP contribution in [0, 0.1) is 12.8 Å². The second-order valence-corrected chi connectivity index (χ2v) is 7.02. The molecular formula is C15H23N3OS. The van der Waals surface area contributed by atoms with E-state index < -0.39 is 0 Å². The number of nitrogens with two attached hydrogens (primary N) is 1. The van der Waals surface area contributed by atoms with E-state index in [1.807, 2.05) is 0 Å². The van der Waals surface area contributed by atoms with Gasteiger partial charge in [0.25, 0.3) is 0 Å². The Labute approximate surface area is 124 Å². The molecule has 0 aromatic carbocycles. The summed E-state index contributed by atoms with van der Waals surface area (Å²) in [6.45, 7) is 6.05. The summed E-state index contributed by atoms with van der Waals surface area (Å²) < 4.78 is 0. The van der Waals surface area contributed by atoms with Gasteiger partial charge in [0.1, 0.15) is 0 Å². The molecule has 4 nitrogen and oxygen atoms in total. The Hall–Kier alpha value is -0.910. The number of hydrogen-bond donors (Lipinski definition) is 2. The molecule has 1 amide bonds. The van der Waals surface area contributed by atoms with E-state index in [2.05, 4.69) is 35.5 Å². The lowest BCUT2D eigenvalue weighted by Gasteiger charge is -2.42. The monoisotopic (exact) mass is 293 g/mol. The Morgan fingerprint density at radius 2 is 2.35 bits per heavy atom. The zero-order valence-electron chi connectivity index (χ0n) is 12.1. The third-order valence-electron chi connectivity index (χ3n) is 4.67. The highest BCUT2D eigenvalue weighted by atomic mass is 32.1. The number of aryl methyl sites for hydroxylation is 1. The Morgan fingerprint density at radius 1 is 1.55 bits per heavy atom. The smallest absolute Gasteiger partial charge is 0.224 e. The summed E-state index contributed by atoms with van der Waals surface area (Å²) in [5.74, 6) is 0.385. The van der Waals surface area contributed by atoms with Crippen molar-refractivity contribution in [3.8, 4) is 0 Å². The van der Waals surface area contributed by atoms with Crippen LogP contribution in [0.5, 0.6) is 0 Å². The fraction of sp³-hybridized carbons (Fsp3) is 0.667. The number of nitrogens with zero attached hydrogens (tertiary/aromatic N) is 1. The van der Waals surface area contributed by atoms with Crippen LogP contribution in [0.15, 0.2) is 11.4 Å². The van der Waals surface area contributed by atoms with E-state index in [1.165, 1.54) is 10.4 Å². The predicted molar refractivity (Wildman–Crippen MR) is 81.7 cm³/mol.